The van der Waals surface area contributed by atoms with Gasteiger partial charge in [-0.3, -0.25) is 24.0 Å². The van der Waals surface area contributed by atoms with Crippen molar-refractivity contribution in [1.82, 2.24) is 24.8 Å². The maximum Gasteiger partial charge on any atom is 0.408 e. The molecule has 2 aliphatic carbocycles. The smallest absolute Gasteiger partial charge is 0.408 e. The number of ether oxygens (including phenoxy) is 2. The van der Waals surface area contributed by atoms with Crippen LogP contribution in [0, 0.1) is 17.8 Å². The lowest BCUT2D eigenvalue weighted by molar-refractivity contribution is -0.156. The van der Waals surface area contributed by atoms with Crippen LogP contribution in [0.25, 0.3) is 10.8 Å². The zero-order chi connectivity index (χ0) is 43.3. The van der Waals surface area contributed by atoms with E-state index in [0.29, 0.717) is 42.4 Å². The van der Waals surface area contributed by atoms with Crippen molar-refractivity contribution in [3.05, 3.63) is 42.6 Å². The van der Waals surface area contributed by atoms with Crippen LogP contribution < -0.4 is 19.5 Å². The first-order chi connectivity index (χ1) is 27.6. The van der Waals surface area contributed by atoms with Gasteiger partial charge >= 0.3 is 6.09 Å². The van der Waals surface area contributed by atoms with Gasteiger partial charge in [-0.1, -0.05) is 26.0 Å². The number of pyridine rings is 1. The third kappa shape index (κ3) is 8.42. The van der Waals surface area contributed by atoms with Crippen molar-refractivity contribution in [1.29, 1.82) is 0 Å². The highest BCUT2D eigenvalue weighted by molar-refractivity contribution is 7.91. The van der Waals surface area contributed by atoms with Gasteiger partial charge in [-0.05, 0) is 101 Å². The van der Waals surface area contributed by atoms with Crippen LogP contribution in [0.15, 0.2) is 42.6 Å². The second kappa shape index (κ2) is 16.1. The van der Waals surface area contributed by atoms with Crippen molar-refractivity contribution in [2.75, 3.05) is 19.8 Å². The molecule has 6 rings (SSSR count). The van der Waals surface area contributed by atoms with Crippen LogP contribution >= 0.6 is 0 Å². The normalized spacial score (nSPS) is 29.2. The topological polar surface area (TPSA) is 185 Å². The zero-order valence-electron chi connectivity index (χ0n) is 34.2. The molecule has 4 amide bonds. The Bertz CT molecular complexity index is 2110. The molecule has 1 saturated heterocycles. The summed E-state index contributed by atoms with van der Waals surface area (Å²) in [5.41, 5.74) is -4.18. The lowest BCUT2D eigenvalue weighted by atomic mass is 9.84. The number of nitrogens with zero attached hydrogens (tertiary/aromatic N) is 3. The van der Waals surface area contributed by atoms with E-state index in [0.717, 1.165) is 24.1 Å². The van der Waals surface area contributed by atoms with Gasteiger partial charge in [0.25, 0.3) is 11.8 Å². The number of alkyl halides is 3. The minimum atomic E-state index is -4.47. The standard InChI is InChI=1S/C41H54F3N5O9S/c1-7-57-28-12-13-30-26(19-28)14-17-45-34(30)58-29-20-31-33(50)46-41(36(52)47-59(55,56)40(23-42)15-16-40)21-27(41)11-9-8-10-24(2)18-25(3)32(35(51)48(31)22-29)49(37(53)54)38(4,5)39(6,43)44/h9,11-14,17,19,24-25,27,29,31-32H,7-8,10,15-16,18,20-23H2,1-6H3,(H,46,50)(H,47,52)(H,53,54)/b11-9-/t24-,25+,27+,29+,31-,32-,41+/m0/s1. The molecule has 0 radical (unpaired) electrons. The Morgan fingerprint density at radius 2 is 1.85 bits per heavy atom. The van der Waals surface area contributed by atoms with Gasteiger partial charge in [0.1, 0.15) is 46.4 Å². The SMILES string of the molecule is CCOc1ccc2c(O[C@@H]3C[C@H]4C(=O)N[C@]5(C(=O)NS(=O)(=O)C6(CF)CC6)C[C@H]5/C=C\CC[C@H](C)C[C@@H](C)[C@H](N(C(=O)O)C(C)(C)C(C)(F)F)C(=O)N4C3)nccc2c1. The number of hydrogen-bond donors (Lipinski definition) is 3. The van der Waals surface area contributed by atoms with Crippen LogP contribution in [-0.2, 0) is 24.4 Å². The second-order valence-corrected chi connectivity index (χ2v) is 19.4. The highest BCUT2D eigenvalue weighted by Gasteiger charge is 2.64. The molecule has 2 aromatic rings. The molecule has 1 aromatic heterocycles. The van der Waals surface area contributed by atoms with E-state index < -0.39 is 92.3 Å². The maximum atomic E-state index is 15.4. The summed E-state index contributed by atoms with van der Waals surface area (Å²) in [4.78, 5) is 62.8. The average Bonchev–Trinajstić information content (AvgIpc) is 4.06. The van der Waals surface area contributed by atoms with Crippen LogP contribution in [0.4, 0.5) is 18.0 Å². The summed E-state index contributed by atoms with van der Waals surface area (Å²) in [5, 5.41) is 14.6. The summed E-state index contributed by atoms with van der Waals surface area (Å²) in [6.07, 6.45) is 3.50. The Labute approximate surface area is 342 Å². The summed E-state index contributed by atoms with van der Waals surface area (Å²) < 4.78 is 83.3. The van der Waals surface area contributed by atoms with E-state index in [2.05, 4.69) is 10.3 Å². The summed E-state index contributed by atoms with van der Waals surface area (Å²) >= 11 is 0. The largest absolute Gasteiger partial charge is 0.494 e. The van der Waals surface area contributed by atoms with Crippen molar-refractivity contribution in [3.63, 3.8) is 0 Å². The molecule has 0 unspecified atom stereocenters. The molecule has 0 spiro atoms. The first-order valence-electron chi connectivity index (χ1n) is 20.1. The number of rotatable bonds is 11. The van der Waals surface area contributed by atoms with E-state index in [1.54, 1.807) is 43.3 Å². The quantitative estimate of drug-likeness (QED) is 0.241. The van der Waals surface area contributed by atoms with Crippen molar-refractivity contribution < 1.29 is 55.3 Å². The Hall–Kier alpha value is -4.61. The van der Waals surface area contributed by atoms with Crippen molar-refractivity contribution in [3.8, 4) is 11.6 Å². The number of halogens is 3. The number of amides is 4. The highest BCUT2D eigenvalue weighted by Crippen LogP contribution is 2.48. The summed E-state index contributed by atoms with van der Waals surface area (Å²) in [7, 11) is -4.47. The summed E-state index contributed by atoms with van der Waals surface area (Å²) in [6, 6.07) is 3.91. The fraction of sp³-hybridized carbons (Fsp3) is 0.634. The number of carbonyl (C=O) groups excluding carboxylic acids is 3. The van der Waals surface area contributed by atoms with Crippen molar-refractivity contribution >= 4 is 44.6 Å². The van der Waals surface area contributed by atoms with Crippen molar-refractivity contribution in [2.24, 2.45) is 17.8 Å². The molecular formula is C41H54F3N5O9S. The third-order valence-corrected chi connectivity index (χ3v) is 14.8. The summed E-state index contributed by atoms with van der Waals surface area (Å²) in [6.45, 7) is 7.01. The molecule has 3 heterocycles. The van der Waals surface area contributed by atoms with Gasteiger partial charge in [0.2, 0.25) is 27.7 Å². The molecule has 324 valence electrons. The van der Waals surface area contributed by atoms with E-state index in [-0.39, 0.29) is 50.4 Å². The maximum absolute atomic E-state index is 15.4. The molecule has 59 heavy (non-hydrogen) atoms. The van der Waals surface area contributed by atoms with E-state index >= 15 is 13.6 Å². The van der Waals surface area contributed by atoms with Gasteiger partial charge < -0.3 is 24.8 Å². The monoisotopic (exact) mass is 849 g/mol. The Balaban J connectivity index is 1.41. The van der Waals surface area contributed by atoms with Crippen molar-refractivity contribution in [2.45, 2.75) is 126 Å². The Kier molecular flexibility index (Phi) is 12.0. The number of carbonyl (C=O) groups is 4. The van der Waals surface area contributed by atoms with Gasteiger partial charge in [0.05, 0.1) is 13.2 Å². The fourth-order valence-corrected chi connectivity index (χ4v) is 9.88. The predicted molar refractivity (Wildman–Crippen MR) is 211 cm³/mol. The van der Waals surface area contributed by atoms with E-state index in [9.17, 15) is 32.3 Å². The van der Waals surface area contributed by atoms with Gasteiger partial charge in [-0.25, -0.2) is 31.4 Å². The summed E-state index contributed by atoms with van der Waals surface area (Å²) in [5.74, 6) is -7.27. The fourth-order valence-electron chi connectivity index (χ4n) is 8.45. The predicted octanol–water partition coefficient (Wildman–Crippen LogP) is 5.60. The first-order valence-corrected chi connectivity index (χ1v) is 21.6. The molecule has 3 N–H and O–H groups in total. The van der Waals surface area contributed by atoms with Gasteiger partial charge in [0.15, 0.2) is 0 Å². The van der Waals surface area contributed by atoms with E-state index in [1.807, 2.05) is 18.6 Å². The van der Waals surface area contributed by atoms with E-state index in [1.165, 1.54) is 6.20 Å². The number of nitrogens with one attached hydrogen (secondary N) is 2. The van der Waals surface area contributed by atoms with Crippen LogP contribution in [0.1, 0.15) is 86.5 Å². The lowest BCUT2D eigenvalue weighted by Gasteiger charge is -2.47. The van der Waals surface area contributed by atoms with Crippen LogP contribution in [-0.4, -0.2) is 112 Å². The number of benzene rings is 1. The highest BCUT2D eigenvalue weighted by atomic mass is 32.2. The number of fused-ring (bicyclic) bond motifs is 3. The minimum Gasteiger partial charge on any atom is -0.494 e. The molecule has 1 aromatic carbocycles. The lowest BCUT2D eigenvalue weighted by Crippen LogP contribution is -2.66. The average molecular weight is 850 g/mol. The van der Waals surface area contributed by atoms with Gasteiger partial charge in [-0.15, -0.1) is 0 Å². The Morgan fingerprint density at radius 1 is 1.14 bits per heavy atom. The number of carboxylic acid groups (broad SMARTS) is 1. The molecule has 0 bridgehead atoms. The molecule has 2 saturated carbocycles. The molecule has 7 atom stereocenters. The second-order valence-electron chi connectivity index (χ2n) is 17.3. The molecular weight excluding hydrogens is 796 g/mol. The number of aromatic nitrogens is 1. The number of sulfonamides is 1. The Morgan fingerprint density at radius 3 is 2.47 bits per heavy atom. The minimum absolute atomic E-state index is 0.00521. The molecule has 2 aliphatic heterocycles. The zero-order valence-corrected chi connectivity index (χ0v) is 35.0. The van der Waals surface area contributed by atoms with Crippen LogP contribution in [0.3, 0.4) is 0 Å². The van der Waals surface area contributed by atoms with Gasteiger partial charge in [0, 0.05) is 30.8 Å². The van der Waals surface area contributed by atoms with E-state index in [4.69, 9.17) is 9.47 Å². The third-order valence-electron chi connectivity index (χ3n) is 12.7. The first kappa shape index (κ1) is 44.0. The van der Waals surface area contributed by atoms with Crippen LogP contribution in [0.2, 0.25) is 0 Å². The number of allylic oxidation sites excluding steroid dienone is 1. The molecule has 14 nitrogen and oxygen atoms in total. The molecule has 3 fully saturated rings. The molecule has 18 heteroatoms. The molecule has 4 aliphatic rings. The number of hydrogen-bond acceptors (Lipinski definition) is 9. The van der Waals surface area contributed by atoms with Crippen LogP contribution in [0.5, 0.6) is 11.6 Å². The van der Waals surface area contributed by atoms with Gasteiger partial charge in [-0.2, -0.15) is 0 Å².